The predicted octanol–water partition coefficient (Wildman–Crippen LogP) is 6.21. The molecule has 0 amide bonds. The molecular formula is C26H35NO. The highest BCUT2D eigenvalue weighted by Gasteiger charge is 2.47. The van der Waals surface area contributed by atoms with E-state index >= 15 is 0 Å². The van der Waals surface area contributed by atoms with Crippen LogP contribution in [-0.2, 0) is 6.42 Å². The van der Waals surface area contributed by atoms with Gasteiger partial charge in [0.05, 0.1) is 0 Å². The SMILES string of the molecule is CN(CCCC1c2ccccc2OC12CCCCCC2)CCc1ccccc1. The second kappa shape index (κ2) is 9.13. The van der Waals surface area contributed by atoms with Crippen LogP contribution in [0.5, 0.6) is 5.75 Å². The molecule has 0 aromatic heterocycles. The molecule has 150 valence electrons. The van der Waals surface area contributed by atoms with Gasteiger partial charge in [0.1, 0.15) is 11.4 Å². The van der Waals surface area contributed by atoms with Crippen LogP contribution in [0.1, 0.15) is 68.4 Å². The number of benzene rings is 2. The van der Waals surface area contributed by atoms with Crippen molar-refractivity contribution in [1.29, 1.82) is 0 Å². The van der Waals surface area contributed by atoms with Gasteiger partial charge in [-0.05, 0) is 70.2 Å². The fourth-order valence-corrected chi connectivity index (χ4v) is 5.27. The monoisotopic (exact) mass is 377 g/mol. The van der Waals surface area contributed by atoms with Gasteiger partial charge in [0, 0.05) is 18.0 Å². The lowest BCUT2D eigenvalue weighted by molar-refractivity contribution is 0.0471. The molecule has 1 atom stereocenters. The normalized spacial score (nSPS) is 20.7. The van der Waals surface area contributed by atoms with Crippen LogP contribution >= 0.6 is 0 Å². The van der Waals surface area contributed by atoms with Gasteiger partial charge in [0.2, 0.25) is 0 Å². The topological polar surface area (TPSA) is 12.5 Å². The molecule has 2 aromatic rings. The molecule has 1 spiro atoms. The Bertz CT molecular complexity index is 733. The average Bonchev–Trinajstić information content (AvgIpc) is 2.86. The van der Waals surface area contributed by atoms with Crippen molar-refractivity contribution in [2.24, 2.45) is 0 Å². The van der Waals surface area contributed by atoms with Gasteiger partial charge in [-0.25, -0.2) is 0 Å². The molecule has 1 heterocycles. The Balaban J connectivity index is 1.35. The minimum atomic E-state index is 0.0722. The first kappa shape index (κ1) is 19.5. The third-order valence-electron chi connectivity index (χ3n) is 6.85. The third-order valence-corrected chi connectivity index (χ3v) is 6.85. The Kier molecular flexibility index (Phi) is 6.36. The van der Waals surface area contributed by atoms with Crippen molar-refractivity contribution in [1.82, 2.24) is 4.90 Å². The maximum atomic E-state index is 6.68. The molecule has 1 aliphatic heterocycles. The number of ether oxygens (including phenoxy) is 1. The summed E-state index contributed by atoms with van der Waals surface area (Å²) in [6.07, 6.45) is 11.5. The lowest BCUT2D eigenvalue weighted by Gasteiger charge is -2.34. The van der Waals surface area contributed by atoms with Crippen LogP contribution in [0.25, 0.3) is 0 Å². The fourth-order valence-electron chi connectivity index (χ4n) is 5.27. The van der Waals surface area contributed by atoms with Crippen molar-refractivity contribution >= 4 is 0 Å². The second-order valence-corrected chi connectivity index (χ2v) is 8.85. The van der Waals surface area contributed by atoms with Crippen molar-refractivity contribution < 1.29 is 4.74 Å². The minimum Gasteiger partial charge on any atom is -0.486 e. The Labute approximate surface area is 170 Å². The summed E-state index contributed by atoms with van der Waals surface area (Å²) < 4.78 is 6.68. The lowest BCUT2D eigenvalue weighted by atomic mass is 9.76. The van der Waals surface area contributed by atoms with Crippen molar-refractivity contribution in [2.75, 3.05) is 20.1 Å². The molecule has 2 heteroatoms. The first-order chi connectivity index (χ1) is 13.8. The molecule has 4 rings (SSSR count). The second-order valence-electron chi connectivity index (χ2n) is 8.85. The highest BCUT2D eigenvalue weighted by Crippen LogP contribution is 2.52. The van der Waals surface area contributed by atoms with Crippen LogP contribution in [0.3, 0.4) is 0 Å². The Hall–Kier alpha value is -1.80. The molecule has 1 aliphatic carbocycles. The van der Waals surface area contributed by atoms with Gasteiger partial charge in [-0.1, -0.05) is 61.4 Å². The van der Waals surface area contributed by atoms with Crippen LogP contribution in [0.15, 0.2) is 54.6 Å². The smallest absolute Gasteiger partial charge is 0.123 e. The zero-order valence-corrected chi connectivity index (χ0v) is 17.4. The number of para-hydroxylation sites is 1. The number of hydrogen-bond acceptors (Lipinski definition) is 2. The standard InChI is InChI=1S/C26H35NO/c1-27(21-17-22-12-5-4-6-13-22)20-11-15-24-23-14-7-8-16-25(23)28-26(24)18-9-2-3-10-19-26/h4-8,12-14,16,24H,2-3,9-11,15,17-21H2,1H3. The predicted molar refractivity (Wildman–Crippen MR) is 117 cm³/mol. The van der Waals surface area contributed by atoms with Crippen molar-refractivity contribution in [2.45, 2.75) is 69.3 Å². The summed E-state index contributed by atoms with van der Waals surface area (Å²) in [4.78, 5) is 2.49. The maximum Gasteiger partial charge on any atom is 0.123 e. The molecule has 0 N–H and O–H groups in total. The third kappa shape index (κ3) is 4.43. The molecule has 28 heavy (non-hydrogen) atoms. The molecule has 1 unspecified atom stereocenters. The fraction of sp³-hybridized carbons (Fsp3) is 0.538. The van der Waals surface area contributed by atoms with E-state index < -0.39 is 0 Å². The van der Waals surface area contributed by atoms with Crippen LogP contribution in [-0.4, -0.2) is 30.6 Å². The van der Waals surface area contributed by atoms with Crippen molar-refractivity contribution in [3.05, 3.63) is 65.7 Å². The molecule has 0 bridgehead atoms. The Morgan fingerprint density at radius 3 is 2.39 bits per heavy atom. The van der Waals surface area contributed by atoms with E-state index in [4.69, 9.17) is 4.74 Å². The van der Waals surface area contributed by atoms with Crippen LogP contribution in [0, 0.1) is 0 Å². The number of hydrogen-bond donors (Lipinski definition) is 0. The summed E-state index contributed by atoms with van der Waals surface area (Å²) in [5.41, 5.74) is 2.98. The highest BCUT2D eigenvalue weighted by atomic mass is 16.5. The van der Waals surface area contributed by atoms with E-state index in [2.05, 4.69) is 66.5 Å². The number of nitrogens with zero attached hydrogens (tertiary/aromatic N) is 1. The van der Waals surface area contributed by atoms with E-state index in [0.29, 0.717) is 5.92 Å². The van der Waals surface area contributed by atoms with Gasteiger partial charge >= 0.3 is 0 Å². The Morgan fingerprint density at radius 1 is 0.893 bits per heavy atom. The molecule has 1 fully saturated rings. The molecule has 1 saturated carbocycles. The summed E-state index contributed by atoms with van der Waals surface area (Å²) in [5.74, 6) is 1.73. The van der Waals surface area contributed by atoms with Gasteiger partial charge in [-0.3, -0.25) is 0 Å². The van der Waals surface area contributed by atoms with Crippen LogP contribution in [0.2, 0.25) is 0 Å². The van der Waals surface area contributed by atoms with Gasteiger partial charge in [-0.2, -0.15) is 0 Å². The zero-order chi connectivity index (χ0) is 19.2. The van der Waals surface area contributed by atoms with Gasteiger partial charge < -0.3 is 9.64 Å². The Morgan fingerprint density at radius 2 is 1.61 bits per heavy atom. The average molecular weight is 378 g/mol. The van der Waals surface area contributed by atoms with E-state index in [9.17, 15) is 0 Å². The van der Waals surface area contributed by atoms with Crippen molar-refractivity contribution in [3.8, 4) is 5.75 Å². The number of rotatable bonds is 7. The van der Waals surface area contributed by atoms with E-state index in [1.165, 1.54) is 69.0 Å². The van der Waals surface area contributed by atoms with Gasteiger partial charge in [0.15, 0.2) is 0 Å². The molecule has 0 radical (unpaired) electrons. The summed E-state index contributed by atoms with van der Waals surface area (Å²) >= 11 is 0. The molecule has 2 aromatic carbocycles. The molecule has 0 saturated heterocycles. The summed E-state index contributed by atoms with van der Waals surface area (Å²) in [6, 6.07) is 19.7. The van der Waals surface area contributed by atoms with E-state index in [-0.39, 0.29) is 5.60 Å². The number of fused-ring (bicyclic) bond motifs is 1. The largest absolute Gasteiger partial charge is 0.486 e. The summed E-state index contributed by atoms with van der Waals surface area (Å²) in [5, 5.41) is 0. The lowest BCUT2D eigenvalue weighted by Crippen LogP contribution is -2.38. The highest BCUT2D eigenvalue weighted by molar-refractivity contribution is 5.43. The van der Waals surface area contributed by atoms with Gasteiger partial charge in [0.25, 0.3) is 0 Å². The molecule has 2 aliphatic rings. The first-order valence-electron chi connectivity index (χ1n) is 11.3. The van der Waals surface area contributed by atoms with Crippen molar-refractivity contribution in [3.63, 3.8) is 0 Å². The van der Waals surface area contributed by atoms with Crippen LogP contribution in [0.4, 0.5) is 0 Å². The quantitative estimate of drug-likeness (QED) is 0.569. The first-order valence-corrected chi connectivity index (χ1v) is 11.3. The maximum absolute atomic E-state index is 6.68. The van der Waals surface area contributed by atoms with E-state index in [1.54, 1.807) is 0 Å². The molecule has 2 nitrogen and oxygen atoms in total. The van der Waals surface area contributed by atoms with Gasteiger partial charge in [-0.15, -0.1) is 0 Å². The van der Waals surface area contributed by atoms with Crippen LogP contribution < -0.4 is 4.74 Å². The summed E-state index contributed by atoms with van der Waals surface area (Å²) in [6.45, 7) is 2.30. The summed E-state index contributed by atoms with van der Waals surface area (Å²) in [7, 11) is 2.27. The minimum absolute atomic E-state index is 0.0722. The molecular weight excluding hydrogens is 342 g/mol. The zero-order valence-electron chi connectivity index (χ0n) is 17.4. The van der Waals surface area contributed by atoms with E-state index in [1.807, 2.05) is 0 Å². The van der Waals surface area contributed by atoms with E-state index in [0.717, 1.165) is 18.7 Å². The number of likely N-dealkylation sites (N-methyl/N-ethyl adjacent to an activating group) is 1.